The second kappa shape index (κ2) is 8.89. The van der Waals surface area contributed by atoms with Gasteiger partial charge in [-0.05, 0) is 23.3 Å². The maximum atomic E-state index is 13.7. The molecule has 0 heterocycles. The first-order valence-electron chi connectivity index (χ1n) is 8.53. The van der Waals surface area contributed by atoms with Crippen LogP contribution < -0.4 is 0 Å². The van der Waals surface area contributed by atoms with Crippen LogP contribution in [0.25, 0.3) is 24.3 Å². The zero-order chi connectivity index (χ0) is 23.7. The minimum Gasteiger partial charge on any atom is -0.203 e. The average Bonchev–Trinajstić information content (AvgIpc) is 2.79. The van der Waals surface area contributed by atoms with Gasteiger partial charge < -0.3 is 0 Å². The highest BCUT2D eigenvalue weighted by Gasteiger charge is 2.25. The fourth-order valence-electron chi connectivity index (χ4n) is 2.61. The molecule has 32 heavy (non-hydrogen) atoms. The third-order valence-electron chi connectivity index (χ3n) is 4.31. The molecule has 0 nitrogen and oxygen atoms in total. The molecular weight excluding hydrogens is 454 g/mol. The van der Waals surface area contributed by atoms with E-state index in [4.69, 9.17) is 0 Å². The summed E-state index contributed by atoms with van der Waals surface area (Å²) >= 11 is 0. The first-order chi connectivity index (χ1) is 15.0. The molecule has 0 unspecified atom stereocenters. The van der Waals surface area contributed by atoms with Gasteiger partial charge in [-0.25, -0.2) is 43.9 Å². The van der Waals surface area contributed by atoms with Crippen LogP contribution in [0.1, 0.15) is 22.3 Å². The van der Waals surface area contributed by atoms with Gasteiger partial charge >= 0.3 is 0 Å². The summed E-state index contributed by atoms with van der Waals surface area (Å²) in [5.74, 6) is -21.0. The third kappa shape index (κ3) is 4.12. The van der Waals surface area contributed by atoms with Crippen molar-refractivity contribution in [1.29, 1.82) is 0 Å². The van der Waals surface area contributed by atoms with Crippen LogP contribution in [0.2, 0.25) is 0 Å². The first-order valence-corrected chi connectivity index (χ1v) is 8.53. The minimum atomic E-state index is -2.29. The quantitative estimate of drug-likeness (QED) is 0.164. The van der Waals surface area contributed by atoms with Gasteiger partial charge in [-0.3, -0.25) is 0 Å². The normalized spacial score (nSPS) is 11.8. The standard InChI is InChI=1S/C22H8F10/c23-13-11(14(24)18(28)21(31)17(13)27)7-5-9-1-2-10(4-3-9)6-8-12-15(25)19(29)22(32)20(30)16(12)26/h1-8H/b7-5+,8-6+. The molecule has 3 aromatic rings. The molecule has 0 amide bonds. The molecule has 0 aromatic heterocycles. The van der Waals surface area contributed by atoms with Crippen molar-refractivity contribution in [2.75, 3.05) is 0 Å². The predicted octanol–water partition coefficient (Wildman–Crippen LogP) is 7.42. The SMILES string of the molecule is Fc1c(F)c(F)c(/C=C/c2ccc(/C=C/c3c(F)c(F)c(F)c(F)c3F)cc2)c(F)c1F. The predicted molar refractivity (Wildman–Crippen MR) is 96.8 cm³/mol. The van der Waals surface area contributed by atoms with Crippen LogP contribution >= 0.6 is 0 Å². The fraction of sp³-hybridized carbons (Fsp3) is 0. The summed E-state index contributed by atoms with van der Waals surface area (Å²) in [5, 5.41) is 0. The molecular formula is C22H8F10. The third-order valence-corrected chi connectivity index (χ3v) is 4.31. The zero-order valence-corrected chi connectivity index (χ0v) is 15.4. The lowest BCUT2D eigenvalue weighted by atomic mass is 10.1. The Bertz CT molecular complexity index is 1100. The van der Waals surface area contributed by atoms with Crippen molar-refractivity contribution >= 4 is 24.3 Å². The van der Waals surface area contributed by atoms with Crippen LogP contribution in [0.5, 0.6) is 0 Å². The number of hydrogen-bond acceptors (Lipinski definition) is 0. The molecule has 0 aliphatic heterocycles. The lowest BCUT2D eigenvalue weighted by molar-refractivity contribution is 0.377. The van der Waals surface area contributed by atoms with E-state index in [1.54, 1.807) is 0 Å². The Morgan fingerprint density at radius 1 is 0.312 bits per heavy atom. The molecule has 0 radical (unpaired) electrons. The van der Waals surface area contributed by atoms with Gasteiger partial charge in [0.15, 0.2) is 46.5 Å². The number of benzene rings is 3. The highest BCUT2D eigenvalue weighted by Crippen LogP contribution is 2.26. The van der Waals surface area contributed by atoms with E-state index in [0.29, 0.717) is 12.2 Å². The molecule has 0 spiro atoms. The maximum Gasteiger partial charge on any atom is 0.200 e. The molecule has 0 aliphatic carbocycles. The molecule has 3 aromatic carbocycles. The Labute approximate surface area is 173 Å². The lowest BCUT2D eigenvalue weighted by Crippen LogP contribution is -2.03. The van der Waals surface area contributed by atoms with Gasteiger partial charge in [0.25, 0.3) is 0 Å². The summed E-state index contributed by atoms with van der Waals surface area (Å²) in [7, 11) is 0. The highest BCUT2D eigenvalue weighted by molar-refractivity contribution is 5.73. The number of halogens is 10. The molecule has 0 saturated carbocycles. The summed E-state index contributed by atoms with van der Waals surface area (Å²) in [6, 6.07) is 5.23. The lowest BCUT2D eigenvalue weighted by Gasteiger charge is -2.05. The second-order valence-corrected chi connectivity index (χ2v) is 6.30. The van der Waals surface area contributed by atoms with E-state index in [1.165, 1.54) is 24.3 Å². The zero-order valence-electron chi connectivity index (χ0n) is 15.4. The van der Waals surface area contributed by atoms with Crippen molar-refractivity contribution < 1.29 is 43.9 Å². The molecule has 0 aliphatic rings. The summed E-state index contributed by atoms with van der Waals surface area (Å²) < 4.78 is 134. The van der Waals surface area contributed by atoms with Gasteiger partial charge in [0.2, 0.25) is 11.6 Å². The van der Waals surface area contributed by atoms with E-state index >= 15 is 0 Å². The van der Waals surface area contributed by atoms with E-state index in [2.05, 4.69) is 0 Å². The van der Waals surface area contributed by atoms with E-state index in [0.717, 1.165) is 12.2 Å². The van der Waals surface area contributed by atoms with Crippen molar-refractivity contribution in [2.24, 2.45) is 0 Å². The van der Waals surface area contributed by atoms with E-state index < -0.39 is 69.3 Å². The van der Waals surface area contributed by atoms with E-state index in [1.807, 2.05) is 0 Å². The minimum absolute atomic E-state index is 0.238. The average molecular weight is 462 g/mol. The Morgan fingerprint density at radius 3 is 0.781 bits per heavy atom. The molecule has 0 saturated heterocycles. The largest absolute Gasteiger partial charge is 0.203 e. The molecule has 0 atom stereocenters. The van der Waals surface area contributed by atoms with Crippen LogP contribution in [0.3, 0.4) is 0 Å². The Kier molecular flexibility index (Phi) is 6.42. The summed E-state index contributed by atoms with van der Waals surface area (Å²) in [6.45, 7) is 0. The van der Waals surface area contributed by atoms with Crippen LogP contribution in [-0.2, 0) is 0 Å². The van der Waals surface area contributed by atoms with Crippen molar-refractivity contribution in [3.63, 3.8) is 0 Å². The van der Waals surface area contributed by atoms with Gasteiger partial charge in [0.05, 0.1) is 11.1 Å². The number of hydrogen-bond donors (Lipinski definition) is 0. The van der Waals surface area contributed by atoms with Gasteiger partial charge in [-0.15, -0.1) is 0 Å². The topological polar surface area (TPSA) is 0 Å². The Morgan fingerprint density at radius 2 is 0.531 bits per heavy atom. The monoisotopic (exact) mass is 462 g/mol. The van der Waals surface area contributed by atoms with E-state index in [-0.39, 0.29) is 11.1 Å². The molecule has 10 heteroatoms. The first kappa shape index (κ1) is 23.1. The summed E-state index contributed by atoms with van der Waals surface area (Å²) in [6.07, 6.45) is 3.40. The van der Waals surface area contributed by atoms with Gasteiger partial charge in [0, 0.05) is 0 Å². The summed E-state index contributed by atoms with van der Waals surface area (Å²) in [4.78, 5) is 0. The second-order valence-electron chi connectivity index (χ2n) is 6.30. The molecule has 0 fully saturated rings. The van der Waals surface area contributed by atoms with Crippen LogP contribution in [-0.4, -0.2) is 0 Å². The Hall–Kier alpha value is -3.56. The molecule has 166 valence electrons. The fourth-order valence-corrected chi connectivity index (χ4v) is 2.61. The molecule has 3 rings (SSSR count). The number of rotatable bonds is 4. The van der Waals surface area contributed by atoms with E-state index in [9.17, 15) is 43.9 Å². The van der Waals surface area contributed by atoms with Crippen LogP contribution in [0.4, 0.5) is 43.9 Å². The van der Waals surface area contributed by atoms with Crippen molar-refractivity contribution in [3.8, 4) is 0 Å². The summed E-state index contributed by atoms with van der Waals surface area (Å²) in [5.41, 5.74) is -1.84. The highest BCUT2D eigenvalue weighted by atomic mass is 19.2. The van der Waals surface area contributed by atoms with Crippen LogP contribution in [0.15, 0.2) is 24.3 Å². The van der Waals surface area contributed by atoms with Crippen LogP contribution in [0, 0.1) is 58.2 Å². The Balaban J connectivity index is 1.86. The van der Waals surface area contributed by atoms with Gasteiger partial charge in [0.1, 0.15) is 0 Å². The van der Waals surface area contributed by atoms with Crippen molar-refractivity contribution in [3.05, 3.63) is 105 Å². The van der Waals surface area contributed by atoms with Gasteiger partial charge in [-0.2, -0.15) is 0 Å². The van der Waals surface area contributed by atoms with Crippen molar-refractivity contribution in [2.45, 2.75) is 0 Å². The van der Waals surface area contributed by atoms with Gasteiger partial charge in [-0.1, -0.05) is 36.4 Å². The molecule has 0 N–H and O–H groups in total. The smallest absolute Gasteiger partial charge is 0.200 e. The molecule has 0 bridgehead atoms. The maximum absolute atomic E-state index is 13.7. The van der Waals surface area contributed by atoms with Crippen molar-refractivity contribution in [1.82, 2.24) is 0 Å².